The van der Waals surface area contributed by atoms with Crippen molar-refractivity contribution in [2.24, 2.45) is 0 Å². The van der Waals surface area contributed by atoms with Gasteiger partial charge in [-0.25, -0.2) is 22.6 Å². The Morgan fingerprint density at radius 2 is 1.87 bits per heavy atom. The minimum atomic E-state index is -3.61. The maximum absolute atomic E-state index is 12.6. The summed E-state index contributed by atoms with van der Waals surface area (Å²) in [7, 11) is -3.61. The van der Waals surface area contributed by atoms with E-state index in [2.05, 4.69) is 20.9 Å². The first kappa shape index (κ1) is 20.0. The first-order chi connectivity index (χ1) is 14.4. The highest BCUT2D eigenvalue weighted by Crippen LogP contribution is 2.19. The molecule has 2 heterocycles. The van der Waals surface area contributed by atoms with Crippen LogP contribution in [0.15, 0.2) is 53.4 Å². The van der Waals surface area contributed by atoms with E-state index in [9.17, 15) is 13.7 Å². The number of fused-ring (bicyclic) bond motifs is 2. The smallest absolute Gasteiger partial charge is 0.233 e. The van der Waals surface area contributed by atoms with Gasteiger partial charge in [0.2, 0.25) is 10.0 Å². The molecular formula is C22H21N5O2S. The predicted molar refractivity (Wildman–Crippen MR) is 115 cm³/mol. The van der Waals surface area contributed by atoms with Gasteiger partial charge in [-0.05, 0) is 55.7 Å². The van der Waals surface area contributed by atoms with Crippen molar-refractivity contribution in [2.75, 3.05) is 6.54 Å². The lowest BCUT2D eigenvalue weighted by Crippen LogP contribution is -2.25. The zero-order valence-electron chi connectivity index (χ0n) is 16.8. The zero-order valence-corrected chi connectivity index (χ0v) is 17.6. The number of aryl methyl sites for hydroxylation is 3. The molecule has 0 fully saturated rings. The van der Waals surface area contributed by atoms with E-state index in [1.165, 1.54) is 0 Å². The number of benzene rings is 2. The van der Waals surface area contributed by atoms with Crippen molar-refractivity contribution in [2.45, 2.75) is 31.6 Å². The summed E-state index contributed by atoms with van der Waals surface area (Å²) in [6, 6.07) is 16.8. The van der Waals surface area contributed by atoms with E-state index in [1.54, 1.807) is 22.7 Å². The van der Waals surface area contributed by atoms with Gasteiger partial charge in [0.1, 0.15) is 11.6 Å². The zero-order chi connectivity index (χ0) is 21.3. The minimum Gasteiger partial charge on any atom is -0.233 e. The average molecular weight is 420 g/mol. The van der Waals surface area contributed by atoms with Crippen LogP contribution in [0.25, 0.3) is 16.4 Å². The van der Waals surface area contributed by atoms with Crippen LogP contribution >= 0.6 is 0 Å². The molecule has 8 heteroatoms. The SMILES string of the molecule is Cc1cc(C)n2nc(CCCNS(=O)(=O)c3ccc4ccccc4c3)c(C#N)c2n1. The maximum atomic E-state index is 12.6. The number of aromatic nitrogens is 3. The molecule has 0 atom stereocenters. The van der Waals surface area contributed by atoms with Gasteiger partial charge in [0, 0.05) is 17.9 Å². The molecule has 2 aromatic carbocycles. The third-order valence-electron chi connectivity index (χ3n) is 4.99. The van der Waals surface area contributed by atoms with Crippen molar-refractivity contribution < 1.29 is 8.42 Å². The van der Waals surface area contributed by atoms with Crippen LogP contribution in [0.1, 0.15) is 29.1 Å². The molecule has 7 nitrogen and oxygen atoms in total. The number of nitrogens with zero attached hydrogens (tertiary/aromatic N) is 4. The van der Waals surface area contributed by atoms with Gasteiger partial charge < -0.3 is 0 Å². The lowest BCUT2D eigenvalue weighted by atomic mass is 10.1. The fourth-order valence-electron chi connectivity index (χ4n) is 3.53. The van der Waals surface area contributed by atoms with Gasteiger partial charge in [0.25, 0.3) is 0 Å². The van der Waals surface area contributed by atoms with Gasteiger partial charge in [-0.2, -0.15) is 10.4 Å². The highest BCUT2D eigenvalue weighted by molar-refractivity contribution is 7.89. The van der Waals surface area contributed by atoms with E-state index in [-0.39, 0.29) is 11.4 Å². The van der Waals surface area contributed by atoms with Crippen molar-refractivity contribution in [1.29, 1.82) is 5.26 Å². The molecule has 0 saturated carbocycles. The van der Waals surface area contributed by atoms with E-state index in [4.69, 9.17) is 0 Å². The van der Waals surface area contributed by atoms with Crippen LogP contribution in [-0.2, 0) is 16.4 Å². The molecule has 30 heavy (non-hydrogen) atoms. The van der Waals surface area contributed by atoms with Crippen LogP contribution in [0.4, 0.5) is 0 Å². The second-order valence-electron chi connectivity index (χ2n) is 7.22. The van der Waals surface area contributed by atoms with Crippen LogP contribution in [0, 0.1) is 25.2 Å². The van der Waals surface area contributed by atoms with Crippen LogP contribution in [-0.4, -0.2) is 29.6 Å². The summed E-state index contributed by atoms with van der Waals surface area (Å²) in [6.07, 6.45) is 0.994. The number of sulfonamides is 1. The summed E-state index contributed by atoms with van der Waals surface area (Å²) in [5, 5.41) is 15.9. The summed E-state index contributed by atoms with van der Waals surface area (Å²) in [5.74, 6) is 0. The van der Waals surface area contributed by atoms with E-state index >= 15 is 0 Å². The molecule has 0 bridgehead atoms. The Morgan fingerprint density at radius 3 is 2.63 bits per heavy atom. The fourth-order valence-corrected chi connectivity index (χ4v) is 4.64. The first-order valence-corrected chi connectivity index (χ1v) is 11.1. The molecule has 0 unspecified atom stereocenters. The molecule has 2 aromatic heterocycles. The molecule has 0 spiro atoms. The number of hydrogen-bond donors (Lipinski definition) is 1. The predicted octanol–water partition coefficient (Wildman–Crippen LogP) is 3.28. The molecule has 0 radical (unpaired) electrons. The van der Waals surface area contributed by atoms with Gasteiger partial charge >= 0.3 is 0 Å². The number of nitriles is 1. The molecule has 1 N–H and O–H groups in total. The maximum Gasteiger partial charge on any atom is 0.240 e. The fraction of sp³-hybridized carbons (Fsp3) is 0.227. The second-order valence-corrected chi connectivity index (χ2v) is 8.99. The van der Waals surface area contributed by atoms with Crippen LogP contribution in [0.5, 0.6) is 0 Å². The first-order valence-electron chi connectivity index (χ1n) is 9.63. The highest BCUT2D eigenvalue weighted by atomic mass is 32.2. The molecule has 0 aliphatic rings. The van der Waals surface area contributed by atoms with Crippen LogP contribution in [0.3, 0.4) is 0 Å². The molecule has 152 valence electrons. The topological polar surface area (TPSA) is 100 Å². The van der Waals surface area contributed by atoms with E-state index < -0.39 is 10.0 Å². The number of hydrogen-bond acceptors (Lipinski definition) is 5. The van der Waals surface area contributed by atoms with E-state index in [1.807, 2.05) is 44.2 Å². The van der Waals surface area contributed by atoms with Crippen molar-refractivity contribution in [1.82, 2.24) is 19.3 Å². The number of nitrogens with one attached hydrogen (secondary N) is 1. The molecule has 4 rings (SSSR count). The Balaban J connectivity index is 1.47. The second kappa shape index (κ2) is 7.86. The summed E-state index contributed by atoms with van der Waals surface area (Å²) in [6.45, 7) is 4.04. The van der Waals surface area contributed by atoms with Crippen LogP contribution in [0.2, 0.25) is 0 Å². The molecular weight excluding hydrogens is 398 g/mol. The minimum absolute atomic E-state index is 0.238. The van der Waals surface area contributed by atoms with Crippen molar-refractivity contribution in [3.8, 4) is 6.07 Å². The van der Waals surface area contributed by atoms with Gasteiger partial charge in [0.15, 0.2) is 5.65 Å². The van der Waals surface area contributed by atoms with Gasteiger partial charge in [-0.1, -0.05) is 30.3 Å². The van der Waals surface area contributed by atoms with Gasteiger partial charge in [-0.15, -0.1) is 0 Å². The van der Waals surface area contributed by atoms with Crippen molar-refractivity contribution >= 4 is 26.4 Å². The molecule has 4 aromatic rings. The Labute approximate surface area is 175 Å². The van der Waals surface area contributed by atoms with Crippen molar-refractivity contribution in [3.63, 3.8) is 0 Å². The third kappa shape index (κ3) is 3.77. The third-order valence-corrected chi connectivity index (χ3v) is 6.45. The average Bonchev–Trinajstić information content (AvgIpc) is 3.08. The van der Waals surface area contributed by atoms with Crippen LogP contribution < -0.4 is 4.72 Å². The van der Waals surface area contributed by atoms with Crippen molar-refractivity contribution in [3.05, 3.63) is 71.2 Å². The van der Waals surface area contributed by atoms with E-state index in [0.717, 1.165) is 22.2 Å². The Morgan fingerprint density at radius 1 is 1.10 bits per heavy atom. The molecule has 0 aliphatic heterocycles. The van der Waals surface area contributed by atoms with Gasteiger partial charge in [0.05, 0.1) is 10.6 Å². The molecule has 0 aliphatic carbocycles. The Bertz CT molecular complexity index is 1400. The largest absolute Gasteiger partial charge is 0.240 e. The summed E-state index contributed by atoms with van der Waals surface area (Å²) < 4.78 is 29.6. The Kier molecular flexibility index (Phi) is 5.24. The number of rotatable bonds is 6. The highest BCUT2D eigenvalue weighted by Gasteiger charge is 2.17. The standard InChI is InChI=1S/C22H21N5O2S/c1-15-12-16(2)27-22(25-15)20(14-23)21(26-27)8-5-11-24-30(28,29)19-10-9-17-6-3-4-7-18(17)13-19/h3-4,6-7,9-10,12-13,24H,5,8,11H2,1-2H3. The quantitative estimate of drug-likeness (QED) is 0.484. The molecule has 0 amide bonds. The Hall–Kier alpha value is -3.28. The lowest BCUT2D eigenvalue weighted by molar-refractivity contribution is 0.578. The van der Waals surface area contributed by atoms with E-state index in [0.29, 0.717) is 29.7 Å². The van der Waals surface area contributed by atoms with Gasteiger partial charge in [-0.3, -0.25) is 0 Å². The normalized spacial score (nSPS) is 11.8. The lowest BCUT2D eigenvalue weighted by Gasteiger charge is -2.07. The molecule has 0 saturated heterocycles. The summed E-state index contributed by atoms with van der Waals surface area (Å²) >= 11 is 0. The monoisotopic (exact) mass is 419 g/mol. The summed E-state index contributed by atoms with van der Waals surface area (Å²) in [5.41, 5.74) is 3.34. The summed E-state index contributed by atoms with van der Waals surface area (Å²) in [4.78, 5) is 4.66.